The molecule has 0 unspecified atom stereocenters. The van der Waals surface area contributed by atoms with Gasteiger partial charge in [-0.3, -0.25) is 4.79 Å². The highest BCUT2D eigenvalue weighted by molar-refractivity contribution is 6.07. The van der Waals surface area contributed by atoms with Crippen molar-refractivity contribution < 1.29 is 19.1 Å². The predicted molar refractivity (Wildman–Crippen MR) is 83.5 cm³/mol. The molecule has 114 valence electrons. The molecule has 0 aliphatic carbocycles. The average Bonchev–Trinajstić information content (AvgIpc) is 3.05. The maximum atomic E-state index is 12.0. The zero-order chi connectivity index (χ0) is 16.7. The lowest BCUT2D eigenvalue weighted by atomic mass is 10.2. The second-order valence-corrected chi connectivity index (χ2v) is 4.41. The number of nitriles is 1. The van der Waals surface area contributed by atoms with Crippen molar-refractivity contribution in [3.63, 3.8) is 0 Å². The Labute approximate surface area is 132 Å². The Morgan fingerprint density at radius 2 is 2.09 bits per heavy atom. The molecule has 0 spiro atoms. The Hall–Kier alpha value is -3.59. The van der Waals surface area contributed by atoms with Gasteiger partial charge in [-0.15, -0.1) is 0 Å². The van der Waals surface area contributed by atoms with Crippen molar-refractivity contribution in [3.05, 3.63) is 71.7 Å². The Balaban J connectivity index is 2.10. The van der Waals surface area contributed by atoms with Gasteiger partial charge in [0.25, 0.3) is 5.91 Å². The molecular formula is C17H12N2O4. The van der Waals surface area contributed by atoms with E-state index in [-0.39, 0.29) is 11.1 Å². The van der Waals surface area contributed by atoms with Crippen LogP contribution < -0.4 is 5.32 Å². The van der Waals surface area contributed by atoms with Gasteiger partial charge < -0.3 is 14.8 Å². The number of carboxylic acids is 1. The second kappa shape index (κ2) is 7.43. The molecule has 2 rings (SSSR count). The fraction of sp³-hybridized carbons (Fsp3) is 0. The molecule has 0 aliphatic rings. The number of rotatable bonds is 5. The van der Waals surface area contributed by atoms with Crippen molar-refractivity contribution in [3.8, 4) is 6.07 Å². The van der Waals surface area contributed by atoms with E-state index in [1.165, 1.54) is 42.7 Å². The number of hydrogen-bond acceptors (Lipinski definition) is 4. The minimum absolute atomic E-state index is 0.0444. The van der Waals surface area contributed by atoms with Gasteiger partial charge in [0.1, 0.15) is 17.4 Å². The molecule has 0 fully saturated rings. The third-order valence-electron chi connectivity index (χ3n) is 2.80. The molecule has 0 saturated carbocycles. The summed E-state index contributed by atoms with van der Waals surface area (Å²) in [6.45, 7) is 0. The van der Waals surface area contributed by atoms with Crippen LogP contribution in [0.25, 0.3) is 6.08 Å². The number of benzene rings is 1. The van der Waals surface area contributed by atoms with Crippen LogP contribution in [0.5, 0.6) is 0 Å². The van der Waals surface area contributed by atoms with E-state index < -0.39 is 11.9 Å². The number of allylic oxidation sites excluding steroid dienone is 2. The van der Waals surface area contributed by atoms with Gasteiger partial charge in [-0.2, -0.15) is 5.26 Å². The van der Waals surface area contributed by atoms with Crippen LogP contribution in [0.4, 0.5) is 5.69 Å². The van der Waals surface area contributed by atoms with E-state index in [4.69, 9.17) is 14.8 Å². The second-order valence-electron chi connectivity index (χ2n) is 4.41. The van der Waals surface area contributed by atoms with Crippen molar-refractivity contribution in [2.75, 3.05) is 5.32 Å². The molecule has 1 aromatic carbocycles. The summed E-state index contributed by atoms with van der Waals surface area (Å²) in [5.74, 6) is -1.13. The minimum atomic E-state index is -1.10. The molecule has 6 nitrogen and oxygen atoms in total. The molecule has 2 N–H and O–H groups in total. The summed E-state index contributed by atoms with van der Waals surface area (Å²) in [5.41, 5.74) is 0.225. The third kappa shape index (κ3) is 4.44. The monoisotopic (exact) mass is 308 g/mol. The summed E-state index contributed by atoms with van der Waals surface area (Å²) in [6, 6.07) is 11.0. The lowest BCUT2D eigenvalue weighted by Gasteiger charge is -2.04. The van der Waals surface area contributed by atoms with E-state index in [0.717, 1.165) is 0 Å². The summed E-state index contributed by atoms with van der Waals surface area (Å²) in [7, 11) is 0. The van der Waals surface area contributed by atoms with E-state index in [2.05, 4.69) is 5.32 Å². The van der Waals surface area contributed by atoms with Gasteiger partial charge in [0.2, 0.25) is 0 Å². The number of hydrogen-bond donors (Lipinski definition) is 2. The summed E-state index contributed by atoms with van der Waals surface area (Å²) in [5, 5.41) is 20.4. The van der Waals surface area contributed by atoms with Crippen LogP contribution in [0.2, 0.25) is 0 Å². The highest BCUT2D eigenvalue weighted by atomic mass is 16.4. The topological polar surface area (TPSA) is 103 Å². The van der Waals surface area contributed by atoms with Crippen LogP contribution in [0.1, 0.15) is 16.1 Å². The summed E-state index contributed by atoms with van der Waals surface area (Å²) >= 11 is 0. The number of aromatic carboxylic acids is 1. The van der Waals surface area contributed by atoms with E-state index in [9.17, 15) is 9.59 Å². The fourth-order valence-electron chi connectivity index (χ4n) is 1.72. The number of carbonyl (C=O) groups is 2. The quantitative estimate of drug-likeness (QED) is 0.502. The average molecular weight is 308 g/mol. The Morgan fingerprint density at radius 3 is 2.74 bits per heavy atom. The molecule has 0 aliphatic heterocycles. The first-order valence-electron chi connectivity index (χ1n) is 6.57. The van der Waals surface area contributed by atoms with Crippen LogP contribution in [0, 0.1) is 11.3 Å². The zero-order valence-electron chi connectivity index (χ0n) is 11.9. The Bertz CT molecular complexity index is 811. The van der Waals surface area contributed by atoms with Crippen LogP contribution >= 0.6 is 0 Å². The van der Waals surface area contributed by atoms with Crippen LogP contribution in [0.15, 0.2) is 64.8 Å². The molecule has 0 radical (unpaired) electrons. The van der Waals surface area contributed by atoms with Crippen molar-refractivity contribution in [1.29, 1.82) is 5.26 Å². The SMILES string of the molecule is N#C/C(=C/C=C/c1ccco1)C(=O)Nc1cccc(C(=O)O)c1. The molecule has 1 amide bonds. The standard InChI is InChI=1S/C17H12N2O4/c18-11-13(5-2-7-15-8-3-9-23-15)16(20)19-14-6-1-4-12(10-14)17(21)22/h1-10H,(H,19,20)(H,21,22)/b7-2+,13-5-. The molecule has 23 heavy (non-hydrogen) atoms. The minimum Gasteiger partial charge on any atom is -0.478 e. The van der Waals surface area contributed by atoms with Gasteiger partial charge in [-0.1, -0.05) is 12.1 Å². The van der Waals surface area contributed by atoms with Crippen molar-refractivity contribution in [2.45, 2.75) is 0 Å². The lowest BCUT2D eigenvalue weighted by molar-refractivity contribution is -0.112. The first-order chi connectivity index (χ1) is 11.1. The third-order valence-corrected chi connectivity index (χ3v) is 2.80. The molecule has 6 heteroatoms. The van der Waals surface area contributed by atoms with E-state index >= 15 is 0 Å². The molecule has 2 aromatic rings. The van der Waals surface area contributed by atoms with Crippen molar-refractivity contribution in [2.24, 2.45) is 0 Å². The maximum Gasteiger partial charge on any atom is 0.335 e. The molecule has 0 bridgehead atoms. The number of amides is 1. The van der Waals surface area contributed by atoms with Gasteiger partial charge in [-0.05, 0) is 42.5 Å². The number of carboxylic acid groups (broad SMARTS) is 1. The van der Waals surface area contributed by atoms with Crippen LogP contribution in [0.3, 0.4) is 0 Å². The van der Waals surface area contributed by atoms with Gasteiger partial charge >= 0.3 is 5.97 Å². The van der Waals surface area contributed by atoms with E-state index in [1.54, 1.807) is 24.3 Å². The molecular weight excluding hydrogens is 296 g/mol. The number of nitrogens with one attached hydrogen (secondary N) is 1. The Morgan fingerprint density at radius 1 is 1.26 bits per heavy atom. The number of furan rings is 1. The van der Waals surface area contributed by atoms with E-state index in [0.29, 0.717) is 11.4 Å². The fourth-order valence-corrected chi connectivity index (χ4v) is 1.72. The van der Waals surface area contributed by atoms with Gasteiger partial charge in [0, 0.05) is 5.69 Å². The summed E-state index contributed by atoms with van der Waals surface area (Å²) < 4.78 is 5.09. The lowest BCUT2D eigenvalue weighted by Crippen LogP contribution is -2.13. The molecule has 0 saturated heterocycles. The smallest absolute Gasteiger partial charge is 0.335 e. The zero-order valence-corrected chi connectivity index (χ0v) is 11.9. The summed E-state index contributed by atoms with van der Waals surface area (Å²) in [6.07, 6.45) is 5.98. The summed E-state index contributed by atoms with van der Waals surface area (Å²) in [4.78, 5) is 22.9. The van der Waals surface area contributed by atoms with Gasteiger partial charge in [0.05, 0.1) is 11.8 Å². The molecule has 0 atom stereocenters. The van der Waals surface area contributed by atoms with Crippen molar-refractivity contribution >= 4 is 23.6 Å². The maximum absolute atomic E-state index is 12.0. The van der Waals surface area contributed by atoms with Crippen LogP contribution in [-0.4, -0.2) is 17.0 Å². The first kappa shape index (κ1) is 15.8. The van der Waals surface area contributed by atoms with Gasteiger partial charge in [0.15, 0.2) is 0 Å². The van der Waals surface area contributed by atoms with Crippen LogP contribution in [-0.2, 0) is 4.79 Å². The molecule has 1 heterocycles. The van der Waals surface area contributed by atoms with Crippen molar-refractivity contribution in [1.82, 2.24) is 0 Å². The van der Waals surface area contributed by atoms with E-state index in [1.807, 2.05) is 0 Å². The largest absolute Gasteiger partial charge is 0.478 e. The number of anilines is 1. The number of nitrogens with zero attached hydrogens (tertiary/aromatic N) is 1. The normalized spacial score (nSPS) is 11.2. The number of carbonyl (C=O) groups excluding carboxylic acids is 1. The Kier molecular flexibility index (Phi) is 5.10. The highest BCUT2D eigenvalue weighted by Crippen LogP contribution is 2.12. The highest BCUT2D eigenvalue weighted by Gasteiger charge is 2.10. The van der Waals surface area contributed by atoms with Gasteiger partial charge in [-0.25, -0.2) is 4.79 Å². The molecule has 1 aromatic heterocycles. The first-order valence-corrected chi connectivity index (χ1v) is 6.57. The predicted octanol–water partition coefficient (Wildman–Crippen LogP) is 3.08.